The van der Waals surface area contributed by atoms with E-state index in [1.54, 1.807) is 0 Å². The van der Waals surface area contributed by atoms with Crippen LogP contribution in [0, 0.1) is 11.6 Å². The van der Waals surface area contributed by atoms with Crippen molar-refractivity contribution in [2.45, 2.75) is 6.42 Å². The van der Waals surface area contributed by atoms with Crippen molar-refractivity contribution in [3.8, 4) is 5.75 Å². The predicted octanol–water partition coefficient (Wildman–Crippen LogP) is 2.27. The minimum atomic E-state index is -1.27. The minimum Gasteiger partial charge on any atom is -0.505 e. The van der Waals surface area contributed by atoms with Crippen LogP contribution in [0.25, 0.3) is 6.08 Å². The second-order valence-corrected chi connectivity index (χ2v) is 2.64. The van der Waals surface area contributed by atoms with Crippen LogP contribution in [0.3, 0.4) is 0 Å². The highest BCUT2D eigenvalue weighted by molar-refractivity contribution is 5.58. The molecule has 0 unspecified atom stereocenters. The molecule has 0 radical (unpaired) electrons. The number of carbonyl (C=O) groups is 1. The number of aldehydes is 1. The van der Waals surface area contributed by atoms with Gasteiger partial charge in [-0.1, -0.05) is 12.2 Å². The number of allylic oxidation sites excluding steroid dienone is 1. The van der Waals surface area contributed by atoms with Crippen molar-refractivity contribution in [1.82, 2.24) is 0 Å². The van der Waals surface area contributed by atoms with Crippen LogP contribution in [-0.2, 0) is 4.79 Å². The van der Waals surface area contributed by atoms with Crippen molar-refractivity contribution in [3.63, 3.8) is 0 Å². The lowest BCUT2D eigenvalue weighted by Gasteiger charge is -1.98. The molecule has 0 aliphatic heterocycles. The maximum atomic E-state index is 12.7. The Hall–Kier alpha value is -1.71. The highest BCUT2D eigenvalue weighted by atomic mass is 19.2. The van der Waals surface area contributed by atoms with E-state index in [4.69, 9.17) is 5.11 Å². The van der Waals surface area contributed by atoms with E-state index in [1.807, 2.05) is 0 Å². The number of halogens is 2. The molecule has 0 saturated heterocycles. The Bertz CT molecular complexity index is 349. The van der Waals surface area contributed by atoms with Gasteiger partial charge < -0.3 is 9.90 Å². The number of hydrogen-bond donors (Lipinski definition) is 1. The van der Waals surface area contributed by atoms with Gasteiger partial charge in [-0.15, -0.1) is 0 Å². The van der Waals surface area contributed by atoms with Crippen molar-refractivity contribution < 1.29 is 18.7 Å². The molecule has 0 aliphatic rings. The van der Waals surface area contributed by atoms with Crippen molar-refractivity contribution in [2.24, 2.45) is 0 Å². The van der Waals surface area contributed by atoms with E-state index in [9.17, 15) is 13.6 Å². The summed E-state index contributed by atoms with van der Waals surface area (Å²) in [5, 5.41) is 8.92. The Labute approximate surface area is 79.5 Å². The molecule has 0 saturated carbocycles. The molecule has 1 N–H and O–H groups in total. The Morgan fingerprint density at radius 3 is 2.64 bits per heavy atom. The number of phenolic OH excluding ortho intramolecular Hbond substituents is 1. The predicted molar refractivity (Wildman–Crippen MR) is 47.7 cm³/mol. The first-order chi connectivity index (χ1) is 6.65. The summed E-state index contributed by atoms with van der Waals surface area (Å²) in [4.78, 5) is 9.95. The van der Waals surface area contributed by atoms with Gasteiger partial charge in [0.2, 0.25) is 0 Å². The molecule has 0 heterocycles. The summed E-state index contributed by atoms with van der Waals surface area (Å²) < 4.78 is 25.3. The summed E-state index contributed by atoms with van der Waals surface area (Å²) in [6.45, 7) is 0. The van der Waals surface area contributed by atoms with Crippen LogP contribution in [-0.4, -0.2) is 11.4 Å². The second-order valence-electron chi connectivity index (χ2n) is 2.64. The molecule has 1 aromatic carbocycles. The molecular formula is C10H8F2O2. The molecule has 1 rings (SSSR count). The van der Waals surface area contributed by atoms with Gasteiger partial charge in [-0.3, -0.25) is 0 Å². The topological polar surface area (TPSA) is 37.3 Å². The average Bonchev–Trinajstić information content (AvgIpc) is 2.14. The first-order valence-corrected chi connectivity index (χ1v) is 3.93. The molecule has 14 heavy (non-hydrogen) atoms. The summed E-state index contributed by atoms with van der Waals surface area (Å²) in [5.41, 5.74) is 0.309. The van der Waals surface area contributed by atoms with E-state index >= 15 is 0 Å². The Morgan fingerprint density at radius 1 is 1.36 bits per heavy atom. The lowest BCUT2D eigenvalue weighted by atomic mass is 10.2. The van der Waals surface area contributed by atoms with Crippen LogP contribution in [0.2, 0.25) is 0 Å². The van der Waals surface area contributed by atoms with Gasteiger partial charge in [0, 0.05) is 6.42 Å². The van der Waals surface area contributed by atoms with Crippen LogP contribution in [0.1, 0.15) is 12.0 Å². The second kappa shape index (κ2) is 4.50. The lowest BCUT2D eigenvalue weighted by Crippen LogP contribution is -1.86. The lowest BCUT2D eigenvalue weighted by molar-refractivity contribution is -0.107. The maximum absolute atomic E-state index is 12.7. The van der Waals surface area contributed by atoms with Crippen LogP contribution in [0.4, 0.5) is 8.78 Å². The van der Waals surface area contributed by atoms with Gasteiger partial charge in [-0.05, 0) is 17.7 Å². The van der Waals surface area contributed by atoms with Crippen molar-refractivity contribution >= 4 is 12.4 Å². The van der Waals surface area contributed by atoms with Gasteiger partial charge in [0.15, 0.2) is 17.4 Å². The van der Waals surface area contributed by atoms with Gasteiger partial charge >= 0.3 is 0 Å². The molecule has 4 heteroatoms. The number of aromatic hydroxyl groups is 1. The quantitative estimate of drug-likeness (QED) is 0.756. The number of benzene rings is 1. The molecule has 1 aromatic rings. The Balaban J connectivity index is 2.95. The summed E-state index contributed by atoms with van der Waals surface area (Å²) in [7, 11) is 0. The fourth-order valence-corrected chi connectivity index (χ4v) is 0.951. The zero-order valence-corrected chi connectivity index (χ0v) is 7.21. The molecule has 0 atom stereocenters. The zero-order chi connectivity index (χ0) is 10.6. The van der Waals surface area contributed by atoms with Crippen LogP contribution < -0.4 is 0 Å². The van der Waals surface area contributed by atoms with Crippen LogP contribution in [0.5, 0.6) is 5.75 Å². The number of hydrogen-bond acceptors (Lipinski definition) is 2. The first-order valence-electron chi connectivity index (χ1n) is 3.93. The molecule has 2 nitrogen and oxygen atoms in total. The van der Waals surface area contributed by atoms with Crippen molar-refractivity contribution in [2.75, 3.05) is 0 Å². The van der Waals surface area contributed by atoms with E-state index in [0.717, 1.165) is 12.1 Å². The molecule has 0 amide bonds. The maximum Gasteiger partial charge on any atom is 0.200 e. The monoisotopic (exact) mass is 198 g/mol. The summed E-state index contributed by atoms with van der Waals surface area (Å²) in [6, 6.07) is 2.02. The third-order valence-corrected chi connectivity index (χ3v) is 1.57. The van der Waals surface area contributed by atoms with Crippen molar-refractivity contribution in [3.05, 3.63) is 35.4 Å². The van der Waals surface area contributed by atoms with Gasteiger partial charge in [0.25, 0.3) is 0 Å². The molecule has 0 spiro atoms. The molecule has 0 fully saturated rings. The van der Waals surface area contributed by atoms with E-state index in [2.05, 4.69) is 0 Å². The third kappa shape index (κ3) is 2.39. The van der Waals surface area contributed by atoms with E-state index in [1.165, 1.54) is 12.2 Å². The summed E-state index contributed by atoms with van der Waals surface area (Å²) >= 11 is 0. The molecule has 0 aliphatic carbocycles. The van der Waals surface area contributed by atoms with Gasteiger partial charge in [0.1, 0.15) is 6.29 Å². The molecule has 0 bridgehead atoms. The number of carbonyl (C=O) groups excluding carboxylic acids is 1. The smallest absolute Gasteiger partial charge is 0.200 e. The highest BCUT2D eigenvalue weighted by Crippen LogP contribution is 2.21. The third-order valence-electron chi connectivity index (χ3n) is 1.57. The Kier molecular flexibility index (Phi) is 3.34. The standard InChI is InChI=1S/C10H8F2O2/c11-8-5-7(3-1-2-4-13)6-9(14)10(8)12/h1,3-6,14H,2H2. The number of phenols is 1. The summed E-state index contributed by atoms with van der Waals surface area (Å²) in [6.07, 6.45) is 3.78. The molecule has 0 aromatic heterocycles. The summed E-state index contributed by atoms with van der Waals surface area (Å²) in [5.74, 6) is -3.12. The largest absolute Gasteiger partial charge is 0.505 e. The van der Waals surface area contributed by atoms with E-state index in [0.29, 0.717) is 11.8 Å². The normalized spacial score (nSPS) is 10.7. The first kappa shape index (κ1) is 10.4. The average molecular weight is 198 g/mol. The fourth-order valence-electron chi connectivity index (χ4n) is 0.951. The molecule has 74 valence electrons. The Morgan fingerprint density at radius 2 is 2.07 bits per heavy atom. The van der Waals surface area contributed by atoms with Crippen molar-refractivity contribution in [1.29, 1.82) is 0 Å². The van der Waals surface area contributed by atoms with Gasteiger partial charge in [-0.25, -0.2) is 4.39 Å². The SMILES string of the molecule is O=CCC=Cc1cc(O)c(F)c(F)c1. The molecular weight excluding hydrogens is 190 g/mol. The van der Waals surface area contributed by atoms with Crippen LogP contribution >= 0.6 is 0 Å². The van der Waals surface area contributed by atoms with Crippen LogP contribution in [0.15, 0.2) is 18.2 Å². The van der Waals surface area contributed by atoms with E-state index < -0.39 is 17.4 Å². The van der Waals surface area contributed by atoms with Gasteiger partial charge in [-0.2, -0.15) is 4.39 Å². The fraction of sp³-hybridized carbons (Fsp3) is 0.100. The number of rotatable bonds is 3. The highest BCUT2D eigenvalue weighted by Gasteiger charge is 2.07. The van der Waals surface area contributed by atoms with E-state index in [-0.39, 0.29) is 6.42 Å². The van der Waals surface area contributed by atoms with Gasteiger partial charge in [0.05, 0.1) is 0 Å². The zero-order valence-electron chi connectivity index (χ0n) is 7.21. The minimum absolute atomic E-state index is 0.194.